The quantitative estimate of drug-likeness (QED) is 0.318. The maximum atomic E-state index is 13.9. The second kappa shape index (κ2) is 9.61. The van der Waals surface area contributed by atoms with E-state index in [1.807, 2.05) is 0 Å². The third-order valence-corrected chi connectivity index (χ3v) is 5.54. The lowest BCUT2D eigenvalue weighted by atomic mass is 10.1. The highest BCUT2D eigenvalue weighted by Gasteiger charge is 2.41. The van der Waals surface area contributed by atoms with Gasteiger partial charge >= 0.3 is 0 Å². The number of rotatable bonds is 6. The predicted octanol–water partition coefficient (Wildman–Crippen LogP) is 2.95. The highest BCUT2D eigenvalue weighted by Crippen LogP contribution is 2.35. The van der Waals surface area contributed by atoms with E-state index in [1.165, 1.54) is 26.4 Å². The second-order valence-corrected chi connectivity index (χ2v) is 7.75. The van der Waals surface area contributed by atoms with Crippen molar-refractivity contribution in [3.05, 3.63) is 53.8 Å². The zero-order valence-electron chi connectivity index (χ0n) is 17.2. The van der Waals surface area contributed by atoms with Crippen molar-refractivity contribution >= 4 is 40.1 Å². The van der Waals surface area contributed by atoms with E-state index in [-0.39, 0.29) is 23.2 Å². The van der Waals surface area contributed by atoms with E-state index in [0.717, 1.165) is 16.7 Å². The van der Waals surface area contributed by atoms with Crippen LogP contribution in [0.1, 0.15) is 18.9 Å². The number of hydrogen-bond donors (Lipinski definition) is 1. The molecule has 2 aromatic carbocycles. The Bertz CT molecular complexity index is 1070. The molecule has 1 fully saturated rings. The van der Waals surface area contributed by atoms with E-state index in [1.54, 1.807) is 37.3 Å². The summed E-state index contributed by atoms with van der Waals surface area (Å²) in [5.41, 5.74) is 7.23. The van der Waals surface area contributed by atoms with Gasteiger partial charge in [0, 0.05) is 12.0 Å². The lowest BCUT2D eigenvalue weighted by molar-refractivity contribution is -0.121. The zero-order chi connectivity index (χ0) is 22.5. The van der Waals surface area contributed by atoms with Crippen molar-refractivity contribution in [2.75, 3.05) is 19.1 Å². The van der Waals surface area contributed by atoms with E-state index in [2.05, 4.69) is 10.2 Å². The number of methoxy groups -OCH3 is 2. The number of thioether (sulfide) groups is 1. The molecule has 0 radical (unpaired) electrons. The van der Waals surface area contributed by atoms with Crippen LogP contribution >= 0.6 is 11.8 Å². The van der Waals surface area contributed by atoms with Crippen LogP contribution in [0.5, 0.6) is 11.5 Å². The molecule has 0 saturated carbocycles. The van der Waals surface area contributed by atoms with Gasteiger partial charge in [-0.05, 0) is 37.3 Å². The molecule has 8 nitrogen and oxygen atoms in total. The van der Waals surface area contributed by atoms with Crippen molar-refractivity contribution in [2.24, 2.45) is 15.9 Å². The fraction of sp³-hybridized carbons (Fsp3) is 0.238. The molecule has 10 heteroatoms. The number of amidine groups is 1. The number of para-hydroxylation sites is 2. The summed E-state index contributed by atoms with van der Waals surface area (Å²) in [4.78, 5) is 26.4. The summed E-state index contributed by atoms with van der Waals surface area (Å²) < 4.78 is 24.0. The highest BCUT2D eigenvalue weighted by atomic mass is 32.2. The van der Waals surface area contributed by atoms with Crippen molar-refractivity contribution in [1.82, 2.24) is 0 Å². The van der Waals surface area contributed by atoms with Gasteiger partial charge in [0.25, 0.3) is 0 Å². The standard InChI is InChI=1S/C21H21FN4O4S/c1-12(13-8-9-16(29-2)14(22)10-13)24-25-21(23)31-18-11-19(27)26(20(18)28)15-6-4-5-7-17(15)30-3/h4-10,18H,11H2,1-3H3,(H2,23,25). The summed E-state index contributed by atoms with van der Waals surface area (Å²) >= 11 is 0.951. The van der Waals surface area contributed by atoms with Crippen LogP contribution in [-0.4, -0.2) is 42.2 Å². The molecular weight excluding hydrogens is 423 g/mol. The summed E-state index contributed by atoms with van der Waals surface area (Å²) in [7, 11) is 2.85. The Balaban J connectivity index is 1.73. The molecule has 31 heavy (non-hydrogen) atoms. The molecule has 1 aliphatic heterocycles. The number of carbonyl (C=O) groups excluding carboxylic acids is 2. The van der Waals surface area contributed by atoms with Gasteiger partial charge in [-0.25, -0.2) is 9.29 Å². The van der Waals surface area contributed by atoms with Crippen LogP contribution in [0.2, 0.25) is 0 Å². The first-order chi connectivity index (χ1) is 14.8. The average molecular weight is 444 g/mol. The summed E-state index contributed by atoms with van der Waals surface area (Å²) in [6.07, 6.45) is -0.0237. The molecule has 162 valence electrons. The molecule has 0 aliphatic carbocycles. The third kappa shape index (κ3) is 4.85. The van der Waals surface area contributed by atoms with Gasteiger partial charge < -0.3 is 15.2 Å². The molecule has 0 bridgehead atoms. The van der Waals surface area contributed by atoms with Crippen molar-refractivity contribution in [2.45, 2.75) is 18.6 Å². The predicted molar refractivity (Wildman–Crippen MR) is 118 cm³/mol. The average Bonchev–Trinajstić information content (AvgIpc) is 3.04. The van der Waals surface area contributed by atoms with Crippen LogP contribution in [-0.2, 0) is 9.59 Å². The van der Waals surface area contributed by atoms with Gasteiger partial charge in [-0.2, -0.15) is 5.10 Å². The van der Waals surface area contributed by atoms with Crippen LogP contribution < -0.4 is 20.1 Å². The van der Waals surface area contributed by atoms with Gasteiger partial charge in [-0.1, -0.05) is 23.9 Å². The van der Waals surface area contributed by atoms with E-state index in [9.17, 15) is 14.0 Å². The minimum Gasteiger partial charge on any atom is -0.495 e. The Morgan fingerprint density at radius 1 is 1.13 bits per heavy atom. The minimum atomic E-state index is -0.727. The fourth-order valence-corrected chi connectivity index (χ4v) is 3.82. The Hall–Kier alpha value is -3.40. The number of nitrogens with two attached hydrogens (primary N) is 1. The lowest BCUT2D eigenvalue weighted by Gasteiger charge is -2.17. The Morgan fingerprint density at radius 3 is 2.52 bits per heavy atom. The van der Waals surface area contributed by atoms with E-state index in [0.29, 0.717) is 22.7 Å². The first-order valence-corrected chi connectivity index (χ1v) is 10.1. The van der Waals surface area contributed by atoms with Crippen LogP contribution in [0, 0.1) is 5.82 Å². The molecule has 1 saturated heterocycles. The molecule has 0 spiro atoms. The topological polar surface area (TPSA) is 107 Å². The van der Waals surface area contributed by atoms with Crippen molar-refractivity contribution in [1.29, 1.82) is 0 Å². The number of benzene rings is 2. The number of amides is 2. The highest BCUT2D eigenvalue weighted by molar-refractivity contribution is 8.14. The molecular formula is C21H21FN4O4S. The number of ether oxygens (including phenoxy) is 2. The van der Waals surface area contributed by atoms with Crippen LogP contribution in [0.3, 0.4) is 0 Å². The van der Waals surface area contributed by atoms with E-state index >= 15 is 0 Å². The molecule has 1 unspecified atom stereocenters. The van der Waals surface area contributed by atoms with E-state index in [4.69, 9.17) is 15.2 Å². The zero-order valence-corrected chi connectivity index (χ0v) is 18.0. The molecule has 1 atom stereocenters. The fourth-order valence-electron chi connectivity index (χ4n) is 3.01. The molecule has 0 aromatic heterocycles. The summed E-state index contributed by atoms with van der Waals surface area (Å²) in [5, 5.41) is 7.20. The largest absolute Gasteiger partial charge is 0.495 e. The first kappa shape index (κ1) is 22.3. The molecule has 2 aromatic rings. The Kier molecular flexibility index (Phi) is 6.91. The maximum Gasteiger partial charge on any atom is 0.248 e. The number of anilines is 1. The second-order valence-electron chi connectivity index (χ2n) is 6.52. The molecule has 1 aliphatic rings. The van der Waals surface area contributed by atoms with Crippen LogP contribution in [0.25, 0.3) is 0 Å². The summed E-state index contributed by atoms with van der Waals surface area (Å²) in [6, 6.07) is 11.2. The summed E-state index contributed by atoms with van der Waals surface area (Å²) in [6.45, 7) is 1.65. The van der Waals surface area contributed by atoms with Crippen molar-refractivity contribution < 1.29 is 23.5 Å². The molecule has 2 amide bonds. The SMILES string of the molecule is COc1ccc(C(C)=NN=C(N)SC2CC(=O)N(c3ccccc3OC)C2=O)cc1F. The normalized spacial score (nSPS) is 17.3. The van der Waals surface area contributed by atoms with Crippen LogP contribution in [0.15, 0.2) is 52.7 Å². The van der Waals surface area contributed by atoms with Gasteiger partial charge in [0.2, 0.25) is 11.8 Å². The molecule has 1 heterocycles. The number of nitrogens with zero attached hydrogens (tertiary/aromatic N) is 3. The number of hydrogen-bond acceptors (Lipinski definition) is 7. The van der Waals surface area contributed by atoms with E-state index < -0.39 is 17.0 Å². The Morgan fingerprint density at radius 2 is 1.84 bits per heavy atom. The monoisotopic (exact) mass is 444 g/mol. The molecule has 2 N–H and O–H groups in total. The number of halogens is 1. The van der Waals surface area contributed by atoms with Gasteiger partial charge in [-0.3, -0.25) is 9.59 Å². The maximum absolute atomic E-state index is 13.9. The third-order valence-electron chi connectivity index (χ3n) is 4.56. The lowest BCUT2D eigenvalue weighted by Crippen LogP contribution is -2.32. The smallest absolute Gasteiger partial charge is 0.248 e. The number of imide groups is 1. The van der Waals surface area contributed by atoms with Gasteiger partial charge in [0.15, 0.2) is 16.7 Å². The van der Waals surface area contributed by atoms with Crippen molar-refractivity contribution in [3.63, 3.8) is 0 Å². The van der Waals surface area contributed by atoms with Crippen molar-refractivity contribution in [3.8, 4) is 11.5 Å². The summed E-state index contributed by atoms with van der Waals surface area (Å²) in [5.74, 6) is -0.737. The van der Waals surface area contributed by atoms with Gasteiger partial charge in [0.1, 0.15) is 11.0 Å². The van der Waals surface area contributed by atoms with Crippen LogP contribution in [0.4, 0.5) is 10.1 Å². The molecule has 3 rings (SSSR count). The van der Waals surface area contributed by atoms with Gasteiger partial charge in [0.05, 0.1) is 25.6 Å². The first-order valence-electron chi connectivity index (χ1n) is 9.23. The number of carbonyl (C=O) groups is 2. The minimum absolute atomic E-state index is 0.0151. The van der Waals surface area contributed by atoms with Gasteiger partial charge in [-0.15, -0.1) is 5.10 Å². The Labute approximate surface area is 182 Å².